The Hall–Kier alpha value is -0.930. The van der Waals surface area contributed by atoms with Crippen molar-refractivity contribution in [2.45, 2.75) is 39.2 Å². The van der Waals surface area contributed by atoms with E-state index in [4.69, 9.17) is 0 Å². The Balaban J connectivity index is 1.99. The van der Waals surface area contributed by atoms with Gasteiger partial charge in [-0.05, 0) is 63.6 Å². The van der Waals surface area contributed by atoms with Crippen LogP contribution < -0.4 is 5.32 Å². The number of unbranched alkanes of at least 4 members (excludes halogenated alkanes) is 2. The van der Waals surface area contributed by atoms with E-state index < -0.39 is 0 Å². The highest BCUT2D eigenvalue weighted by atomic mass is 15.1. The van der Waals surface area contributed by atoms with Gasteiger partial charge in [-0.15, -0.1) is 0 Å². The molecular formula is C15H27N3. The van der Waals surface area contributed by atoms with Crippen LogP contribution >= 0.6 is 0 Å². The van der Waals surface area contributed by atoms with E-state index in [1.165, 1.54) is 44.3 Å². The van der Waals surface area contributed by atoms with E-state index in [0.717, 1.165) is 13.1 Å². The number of hydrogen-bond acceptors (Lipinski definition) is 3. The molecular weight excluding hydrogens is 222 g/mol. The molecule has 0 unspecified atom stereocenters. The first-order valence-electron chi connectivity index (χ1n) is 7.11. The van der Waals surface area contributed by atoms with E-state index in [2.05, 4.69) is 41.3 Å². The molecule has 0 amide bonds. The second-order valence-electron chi connectivity index (χ2n) is 4.90. The first kappa shape index (κ1) is 15.1. The Morgan fingerprint density at radius 3 is 2.61 bits per heavy atom. The Labute approximate surface area is 112 Å². The van der Waals surface area contributed by atoms with Gasteiger partial charge in [-0.2, -0.15) is 0 Å². The van der Waals surface area contributed by atoms with Crippen LogP contribution in [-0.2, 0) is 6.54 Å². The zero-order valence-corrected chi connectivity index (χ0v) is 11.9. The summed E-state index contributed by atoms with van der Waals surface area (Å²) in [6, 6.07) is 4.18. The monoisotopic (exact) mass is 249 g/mol. The molecule has 1 aromatic rings. The molecule has 18 heavy (non-hydrogen) atoms. The third kappa shape index (κ3) is 7.41. The van der Waals surface area contributed by atoms with Gasteiger partial charge in [0.15, 0.2) is 0 Å². The van der Waals surface area contributed by atoms with Gasteiger partial charge in [-0.25, -0.2) is 0 Å². The molecule has 0 spiro atoms. The van der Waals surface area contributed by atoms with E-state index in [0.29, 0.717) is 0 Å². The molecule has 0 saturated carbocycles. The van der Waals surface area contributed by atoms with Crippen LogP contribution in [0.25, 0.3) is 0 Å². The molecule has 1 aromatic heterocycles. The van der Waals surface area contributed by atoms with Crippen molar-refractivity contribution in [2.24, 2.45) is 0 Å². The zero-order valence-electron chi connectivity index (χ0n) is 11.9. The second-order valence-corrected chi connectivity index (χ2v) is 4.90. The minimum atomic E-state index is 1.02. The molecule has 0 radical (unpaired) electrons. The van der Waals surface area contributed by atoms with Crippen molar-refractivity contribution in [3.63, 3.8) is 0 Å². The largest absolute Gasteiger partial charge is 0.317 e. The SMILES string of the molecule is CCCNCCCCCN(C)Cc1ccncc1. The molecule has 1 N–H and O–H groups in total. The van der Waals surface area contributed by atoms with Crippen LogP contribution in [0.4, 0.5) is 0 Å². The third-order valence-corrected chi connectivity index (χ3v) is 3.02. The van der Waals surface area contributed by atoms with Crippen LogP contribution in [0.5, 0.6) is 0 Å². The predicted octanol–water partition coefficient (Wildman–Crippen LogP) is 2.68. The third-order valence-electron chi connectivity index (χ3n) is 3.02. The number of aromatic nitrogens is 1. The molecule has 0 aliphatic carbocycles. The van der Waals surface area contributed by atoms with E-state index in [1.807, 2.05) is 12.4 Å². The standard InChI is InChI=1S/C15H27N3/c1-3-9-16-10-5-4-6-13-18(2)14-15-7-11-17-12-8-15/h7-8,11-12,16H,3-6,9-10,13-14H2,1-2H3. The molecule has 0 aromatic carbocycles. The maximum Gasteiger partial charge on any atom is 0.0271 e. The first-order chi connectivity index (χ1) is 8.83. The summed E-state index contributed by atoms with van der Waals surface area (Å²) < 4.78 is 0. The Morgan fingerprint density at radius 2 is 1.89 bits per heavy atom. The first-order valence-corrected chi connectivity index (χ1v) is 7.11. The van der Waals surface area contributed by atoms with Gasteiger partial charge in [0.1, 0.15) is 0 Å². The molecule has 3 nitrogen and oxygen atoms in total. The van der Waals surface area contributed by atoms with Crippen molar-refractivity contribution in [2.75, 3.05) is 26.7 Å². The quantitative estimate of drug-likeness (QED) is 0.646. The normalized spacial score (nSPS) is 11.1. The van der Waals surface area contributed by atoms with Crippen LogP contribution in [0, 0.1) is 0 Å². The summed E-state index contributed by atoms with van der Waals surface area (Å²) in [5, 5.41) is 3.44. The van der Waals surface area contributed by atoms with E-state index in [1.54, 1.807) is 0 Å². The fraction of sp³-hybridized carbons (Fsp3) is 0.667. The van der Waals surface area contributed by atoms with Crippen molar-refractivity contribution in [3.05, 3.63) is 30.1 Å². The maximum absolute atomic E-state index is 4.04. The van der Waals surface area contributed by atoms with Crippen LogP contribution in [0.2, 0.25) is 0 Å². The van der Waals surface area contributed by atoms with E-state index in [-0.39, 0.29) is 0 Å². The number of rotatable bonds is 10. The molecule has 0 bridgehead atoms. The summed E-state index contributed by atoms with van der Waals surface area (Å²) >= 11 is 0. The van der Waals surface area contributed by atoms with Crippen molar-refractivity contribution >= 4 is 0 Å². The zero-order chi connectivity index (χ0) is 13.1. The van der Waals surface area contributed by atoms with Gasteiger partial charge in [0.25, 0.3) is 0 Å². The molecule has 0 aliphatic rings. The average Bonchev–Trinajstić information content (AvgIpc) is 2.39. The maximum atomic E-state index is 4.04. The Morgan fingerprint density at radius 1 is 1.11 bits per heavy atom. The van der Waals surface area contributed by atoms with Gasteiger partial charge in [0, 0.05) is 18.9 Å². The van der Waals surface area contributed by atoms with Gasteiger partial charge >= 0.3 is 0 Å². The highest BCUT2D eigenvalue weighted by Crippen LogP contribution is 2.03. The molecule has 1 heterocycles. The van der Waals surface area contributed by atoms with Crippen LogP contribution in [0.1, 0.15) is 38.2 Å². The summed E-state index contributed by atoms with van der Waals surface area (Å²) in [5.41, 5.74) is 1.34. The minimum Gasteiger partial charge on any atom is -0.317 e. The van der Waals surface area contributed by atoms with Gasteiger partial charge in [-0.1, -0.05) is 13.3 Å². The molecule has 0 saturated heterocycles. The van der Waals surface area contributed by atoms with Gasteiger partial charge in [0.05, 0.1) is 0 Å². The van der Waals surface area contributed by atoms with Crippen LogP contribution in [0.15, 0.2) is 24.5 Å². The molecule has 0 fully saturated rings. The number of nitrogens with zero attached hydrogens (tertiary/aromatic N) is 2. The minimum absolute atomic E-state index is 1.02. The highest BCUT2D eigenvalue weighted by molar-refractivity contribution is 5.09. The number of hydrogen-bond donors (Lipinski definition) is 1. The predicted molar refractivity (Wildman–Crippen MR) is 77.6 cm³/mol. The van der Waals surface area contributed by atoms with Crippen molar-refractivity contribution in [3.8, 4) is 0 Å². The lowest BCUT2D eigenvalue weighted by Crippen LogP contribution is -2.20. The molecule has 3 heteroatoms. The number of pyridine rings is 1. The van der Waals surface area contributed by atoms with E-state index in [9.17, 15) is 0 Å². The fourth-order valence-electron chi connectivity index (χ4n) is 1.99. The second kappa shape index (κ2) is 10.0. The fourth-order valence-corrected chi connectivity index (χ4v) is 1.99. The number of nitrogens with one attached hydrogen (secondary N) is 1. The van der Waals surface area contributed by atoms with Crippen molar-refractivity contribution in [1.29, 1.82) is 0 Å². The molecule has 0 aliphatic heterocycles. The van der Waals surface area contributed by atoms with Gasteiger partial charge in [-0.3, -0.25) is 4.98 Å². The lowest BCUT2D eigenvalue weighted by molar-refractivity contribution is 0.317. The summed E-state index contributed by atoms with van der Waals surface area (Å²) in [6.07, 6.45) is 8.86. The lowest BCUT2D eigenvalue weighted by Gasteiger charge is -2.16. The van der Waals surface area contributed by atoms with Crippen molar-refractivity contribution < 1.29 is 0 Å². The molecule has 102 valence electrons. The summed E-state index contributed by atoms with van der Waals surface area (Å²) in [4.78, 5) is 6.42. The van der Waals surface area contributed by atoms with E-state index >= 15 is 0 Å². The highest BCUT2D eigenvalue weighted by Gasteiger charge is 1.99. The molecule has 1 rings (SSSR count). The van der Waals surface area contributed by atoms with Crippen LogP contribution in [-0.4, -0.2) is 36.6 Å². The Kier molecular flexibility index (Phi) is 8.43. The summed E-state index contributed by atoms with van der Waals surface area (Å²) in [6.45, 7) is 6.73. The Bertz CT molecular complexity index is 287. The van der Waals surface area contributed by atoms with Crippen LogP contribution in [0.3, 0.4) is 0 Å². The molecule has 0 atom stereocenters. The average molecular weight is 249 g/mol. The topological polar surface area (TPSA) is 28.2 Å². The van der Waals surface area contributed by atoms with Crippen molar-refractivity contribution in [1.82, 2.24) is 15.2 Å². The van der Waals surface area contributed by atoms with Gasteiger partial charge < -0.3 is 10.2 Å². The lowest BCUT2D eigenvalue weighted by atomic mass is 10.2. The summed E-state index contributed by atoms with van der Waals surface area (Å²) in [7, 11) is 2.19. The summed E-state index contributed by atoms with van der Waals surface area (Å²) in [5.74, 6) is 0. The van der Waals surface area contributed by atoms with Gasteiger partial charge in [0.2, 0.25) is 0 Å². The smallest absolute Gasteiger partial charge is 0.0271 e.